The number of ether oxygens (including phenoxy) is 1. The summed E-state index contributed by atoms with van der Waals surface area (Å²) in [6.07, 6.45) is 6.60. The lowest BCUT2D eigenvalue weighted by Gasteiger charge is -2.26. The van der Waals surface area contributed by atoms with Crippen LogP contribution in [0.1, 0.15) is 43.2 Å². The molecular weight excluding hydrogens is 362 g/mol. The molecule has 1 aromatic rings. The predicted octanol–water partition coefficient (Wildman–Crippen LogP) is 2.45. The van der Waals surface area contributed by atoms with E-state index in [4.69, 9.17) is 4.74 Å². The summed E-state index contributed by atoms with van der Waals surface area (Å²) in [6, 6.07) is 9.59. The van der Waals surface area contributed by atoms with Crippen molar-refractivity contribution >= 4 is 5.96 Å². The van der Waals surface area contributed by atoms with Gasteiger partial charge in [0.2, 0.25) is 0 Å². The van der Waals surface area contributed by atoms with E-state index in [0.717, 1.165) is 38.7 Å². The van der Waals surface area contributed by atoms with E-state index in [2.05, 4.69) is 49.7 Å². The number of likely N-dealkylation sites (tertiary alicyclic amines) is 2. The minimum Gasteiger partial charge on any atom is -0.383 e. The number of aliphatic imine (C=N–C) groups is 1. The van der Waals surface area contributed by atoms with E-state index in [9.17, 15) is 0 Å². The van der Waals surface area contributed by atoms with Gasteiger partial charge in [0.15, 0.2) is 5.96 Å². The Balaban J connectivity index is 1.39. The van der Waals surface area contributed by atoms with Crippen molar-refractivity contribution in [2.45, 2.75) is 51.2 Å². The third-order valence-electron chi connectivity index (χ3n) is 6.15. The fourth-order valence-corrected chi connectivity index (χ4v) is 4.39. The molecule has 6 heteroatoms. The number of rotatable bonds is 9. The molecule has 0 spiro atoms. The quantitative estimate of drug-likeness (QED) is 0.492. The molecule has 2 saturated heterocycles. The van der Waals surface area contributed by atoms with E-state index in [1.165, 1.54) is 62.9 Å². The van der Waals surface area contributed by atoms with Crippen molar-refractivity contribution in [3.05, 3.63) is 35.4 Å². The third kappa shape index (κ3) is 7.28. The van der Waals surface area contributed by atoms with E-state index >= 15 is 0 Å². The summed E-state index contributed by atoms with van der Waals surface area (Å²) in [4.78, 5) is 9.48. The lowest BCUT2D eigenvalue weighted by atomic mass is 10.1. The van der Waals surface area contributed by atoms with E-state index in [1.54, 1.807) is 7.11 Å². The lowest BCUT2D eigenvalue weighted by Crippen LogP contribution is -2.45. The fourth-order valence-electron chi connectivity index (χ4n) is 4.39. The third-order valence-corrected chi connectivity index (χ3v) is 6.15. The first-order chi connectivity index (χ1) is 14.3. The second-order valence-electron chi connectivity index (χ2n) is 8.28. The highest BCUT2D eigenvalue weighted by atomic mass is 16.5. The largest absolute Gasteiger partial charge is 0.383 e. The molecule has 2 N–H and O–H groups in total. The molecule has 0 aromatic heterocycles. The lowest BCUT2D eigenvalue weighted by molar-refractivity contribution is 0.141. The molecule has 1 unspecified atom stereocenters. The highest BCUT2D eigenvalue weighted by Crippen LogP contribution is 2.16. The van der Waals surface area contributed by atoms with Gasteiger partial charge in [-0.3, -0.25) is 14.8 Å². The minimum absolute atomic E-state index is 0.567. The van der Waals surface area contributed by atoms with Gasteiger partial charge >= 0.3 is 0 Å². The summed E-state index contributed by atoms with van der Waals surface area (Å²) < 4.78 is 5.24. The van der Waals surface area contributed by atoms with Crippen molar-refractivity contribution in [1.29, 1.82) is 0 Å². The molecule has 1 atom stereocenters. The number of benzene rings is 1. The van der Waals surface area contributed by atoms with E-state index in [1.807, 2.05) is 7.05 Å². The van der Waals surface area contributed by atoms with Crippen LogP contribution >= 0.6 is 0 Å². The van der Waals surface area contributed by atoms with Gasteiger partial charge in [-0.25, -0.2) is 0 Å². The van der Waals surface area contributed by atoms with Crippen LogP contribution in [-0.2, 0) is 17.8 Å². The normalized spacial score (nSPS) is 21.4. The summed E-state index contributed by atoms with van der Waals surface area (Å²) in [6.45, 7) is 8.28. The van der Waals surface area contributed by atoms with E-state index in [0.29, 0.717) is 6.04 Å². The molecule has 0 aliphatic carbocycles. The SMILES string of the molecule is CN=C(NCc1ccc(CN2CCCCC2)cc1)NCC1CCCN1CCOC. The number of nitrogens with one attached hydrogen (secondary N) is 2. The van der Waals surface area contributed by atoms with Crippen LogP contribution in [0.4, 0.5) is 0 Å². The molecule has 0 amide bonds. The number of piperidine rings is 1. The Kier molecular flexibility index (Phi) is 9.25. The van der Waals surface area contributed by atoms with Gasteiger partial charge in [0.05, 0.1) is 6.61 Å². The van der Waals surface area contributed by atoms with Crippen LogP contribution in [0.25, 0.3) is 0 Å². The van der Waals surface area contributed by atoms with Crippen LogP contribution in [0.2, 0.25) is 0 Å². The Morgan fingerprint density at radius 2 is 1.79 bits per heavy atom. The number of methoxy groups -OCH3 is 1. The van der Waals surface area contributed by atoms with Gasteiger partial charge in [0, 0.05) is 46.4 Å². The number of guanidine groups is 1. The molecular formula is C23H39N5O. The van der Waals surface area contributed by atoms with Gasteiger partial charge in [-0.05, 0) is 56.4 Å². The smallest absolute Gasteiger partial charge is 0.191 e. The maximum atomic E-state index is 5.24. The highest BCUT2D eigenvalue weighted by Gasteiger charge is 2.23. The second-order valence-corrected chi connectivity index (χ2v) is 8.28. The molecule has 0 bridgehead atoms. The van der Waals surface area contributed by atoms with Crippen LogP contribution in [-0.4, -0.2) is 75.3 Å². The highest BCUT2D eigenvalue weighted by molar-refractivity contribution is 5.79. The molecule has 3 rings (SSSR count). The zero-order valence-electron chi connectivity index (χ0n) is 18.3. The summed E-state index contributed by atoms with van der Waals surface area (Å²) in [5, 5.41) is 6.96. The van der Waals surface area contributed by atoms with Crippen LogP contribution in [0, 0.1) is 0 Å². The van der Waals surface area contributed by atoms with Gasteiger partial charge in [0.1, 0.15) is 0 Å². The Labute approximate surface area is 176 Å². The molecule has 0 saturated carbocycles. The molecule has 6 nitrogen and oxygen atoms in total. The topological polar surface area (TPSA) is 52.1 Å². The van der Waals surface area contributed by atoms with Crippen molar-refractivity contribution in [3.63, 3.8) is 0 Å². The minimum atomic E-state index is 0.567. The van der Waals surface area contributed by atoms with E-state index in [-0.39, 0.29) is 0 Å². The van der Waals surface area contributed by atoms with Crippen molar-refractivity contribution in [2.75, 3.05) is 53.5 Å². The average Bonchev–Trinajstić information content (AvgIpc) is 3.21. The molecule has 0 radical (unpaired) electrons. The Bertz CT molecular complexity index is 612. The summed E-state index contributed by atoms with van der Waals surface area (Å²) in [7, 11) is 3.61. The van der Waals surface area contributed by atoms with Gasteiger partial charge in [0.25, 0.3) is 0 Å². The van der Waals surface area contributed by atoms with E-state index < -0.39 is 0 Å². The standard InChI is InChI=1S/C23H39N5O/c1-24-23(26-18-22-7-6-14-28(22)15-16-29-2)25-17-20-8-10-21(11-9-20)19-27-12-4-3-5-13-27/h8-11,22H,3-7,12-19H2,1-2H3,(H2,24,25,26). The second kappa shape index (κ2) is 12.2. The monoisotopic (exact) mass is 401 g/mol. The number of hydrogen-bond acceptors (Lipinski definition) is 4. The first-order valence-electron chi connectivity index (χ1n) is 11.3. The predicted molar refractivity (Wildman–Crippen MR) is 120 cm³/mol. The van der Waals surface area contributed by atoms with Gasteiger partial charge < -0.3 is 15.4 Å². The maximum absolute atomic E-state index is 5.24. The molecule has 2 aliphatic heterocycles. The molecule has 1 aromatic carbocycles. The molecule has 2 aliphatic rings. The zero-order chi connectivity index (χ0) is 20.3. The number of hydrogen-bond donors (Lipinski definition) is 2. The van der Waals surface area contributed by atoms with Gasteiger partial charge in [-0.15, -0.1) is 0 Å². The van der Waals surface area contributed by atoms with Gasteiger partial charge in [-0.2, -0.15) is 0 Å². The van der Waals surface area contributed by atoms with Crippen molar-refractivity contribution < 1.29 is 4.74 Å². The average molecular weight is 402 g/mol. The first-order valence-corrected chi connectivity index (χ1v) is 11.3. The first kappa shape index (κ1) is 22.1. The Morgan fingerprint density at radius 1 is 1.03 bits per heavy atom. The van der Waals surface area contributed by atoms with Crippen molar-refractivity contribution in [2.24, 2.45) is 4.99 Å². The fraction of sp³-hybridized carbons (Fsp3) is 0.696. The van der Waals surface area contributed by atoms with Crippen LogP contribution < -0.4 is 10.6 Å². The Morgan fingerprint density at radius 3 is 2.52 bits per heavy atom. The van der Waals surface area contributed by atoms with Crippen LogP contribution in [0.3, 0.4) is 0 Å². The molecule has 2 heterocycles. The summed E-state index contributed by atoms with van der Waals surface area (Å²) in [5.74, 6) is 0.876. The van der Waals surface area contributed by atoms with Crippen LogP contribution in [0.5, 0.6) is 0 Å². The van der Waals surface area contributed by atoms with Crippen molar-refractivity contribution in [3.8, 4) is 0 Å². The molecule has 162 valence electrons. The molecule has 2 fully saturated rings. The Hall–Kier alpha value is -1.63. The number of nitrogens with zero attached hydrogens (tertiary/aromatic N) is 3. The molecule has 29 heavy (non-hydrogen) atoms. The zero-order valence-corrected chi connectivity index (χ0v) is 18.3. The maximum Gasteiger partial charge on any atom is 0.191 e. The van der Waals surface area contributed by atoms with Crippen LogP contribution in [0.15, 0.2) is 29.3 Å². The summed E-state index contributed by atoms with van der Waals surface area (Å²) in [5.41, 5.74) is 2.70. The van der Waals surface area contributed by atoms with Gasteiger partial charge in [-0.1, -0.05) is 30.7 Å². The summed E-state index contributed by atoms with van der Waals surface area (Å²) >= 11 is 0. The van der Waals surface area contributed by atoms with Crippen molar-refractivity contribution in [1.82, 2.24) is 20.4 Å².